The van der Waals surface area contributed by atoms with E-state index in [-0.39, 0.29) is 0 Å². The first kappa shape index (κ1) is 7.98. The summed E-state index contributed by atoms with van der Waals surface area (Å²) in [4.78, 5) is 8.23. The average Bonchev–Trinajstić information content (AvgIpc) is 1.67. The zero-order valence-electron chi connectivity index (χ0n) is 3.78. The van der Waals surface area contributed by atoms with E-state index in [0.29, 0.717) is 0 Å². The van der Waals surface area contributed by atoms with E-state index in [9.17, 15) is 4.57 Å². The number of rotatable bonds is 3. The minimum atomic E-state index is -4.03. The van der Waals surface area contributed by atoms with E-state index < -0.39 is 7.82 Å². The van der Waals surface area contributed by atoms with Gasteiger partial charge in [-0.1, -0.05) is 6.58 Å². The molecular weight excluding hydrogens is 154 g/mol. The van der Waals surface area contributed by atoms with Crippen LogP contribution >= 0.6 is 19.7 Å². The van der Waals surface area contributed by atoms with Gasteiger partial charge in [0.05, 0.1) is 18.1 Å². The Morgan fingerprint density at radius 1 is 1.88 bits per heavy atom. The summed E-state index contributed by atoms with van der Waals surface area (Å²) in [6.45, 7) is 3.00. The molecule has 4 nitrogen and oxygen atoms in total. The molecule has 0 aromatic heterocycles. The van der Waals surface area contributed by atoms with Crippen LogP contribution in [0.4, 0.5) is 0 Å². The molecular formula is C2H4ClO4P. The molecule has 1 atom stereocenters. The highest BCUT2D eigenvalue weighted by molar-refractivity contribution is 7.48. The first-order valence-corrected chi connectivity index (χ1v) is 3.35. The summed E-state index contributed by atoms with van der Waals surface area (Å²) >= 11 is 4.49. The summed E-state index contributed by atoms with van der Waals surface area (Å²) in [6, 6.07) is 0. The molecule has 0 saturated carbocycles. The average molecular weight is 158 g/mol. The van der Waals surface area contributed by atoms with Crippen LogP contribution in [-0.4, -0.2) is 4.89 Å². The van der Waals surface area contributed by atoms with Gasteiger partial charge in [0.25, 0.3) is 0 Å². The van der Waals surface area contributed by atoms with E-state index in [1.807, 2.05) is 0 Å². The molecule has 0 rings (SSSR count). The van der Waals surface area contributed by atoms with Gasteiger partial charge < -0.3 is 4.52 Å². The molecule has 48 valence electrons. The lowest BCUT2D eigenvalue weighted by Crippen LogP contribution is -1.78. The minimum absolute atomic E-state index is 0.767. The second-order valence-corrected chi connectivity index (χ2v) is 2.51. The Bertz CT molecular complexity index is 123. The maximum Gasteiger partial charge on any atom is 0.543 e. The fourth-order valence-electron chi connectivity index (χ4n) is 0.110. The second-order valence-electron chi connectivity index (χ2n) is 0.810. The number of phosphoric acid groups is 1. The predicted octanol–water partition coefficient (Wildman–Crippen LogP) is 1.42. The summed E-state index contributed by atoms with van der Waals surface area (Å²) in [5.41, 5.74) is 0. The zero-order valence-corrected chi connectivity index (χ0v) is 5.43. The van der Waals surface area contributed by atoms with E-state index >= 15 is 0 Å². The Hall–Kier alpha value is -0.0200. The molecule has 1 N–H and O–H groups in total. The van der Waals surface area contributed by atoms with Crippen molar-refractivity contribution >= 4 is 19.7 Å². The summed E-state index contributed by atoms with van der Waals surface area (Å²) in [5, 5.41) is 0. The molecule has 0 aromatic rings. The van der Waals surface area contributed by atoms with Crippen molar-refractivity contribution in [3.05, 3.63) is 12.8 Å². The number of hydrogen-bond acceptors (Lipinski definition) is 3. The van der Waals surface area contributed by atoms with Gasteiger partial charge in [0.1, 0.15) is 0 Å². The summed E-state index contributed by atoms with van der Waals surface area (Å²) in [5.74, 6) is 0. The van der Waals surface area contributed by atoms with Crippen LogP contribution in [0.25, 0.3) is 0 Å². The lowest BCUT2D eigenvalue weighted by Gasteiger charge is -2.00. The molecule has 1 unspecified atom stereocenters. The fraction of sp³-hybridized carbons (Fsp3) is 0. The van der Waals surface area contributed by atoms with Gasteiger partial charge in [-0.05, 0) is 0 Å². The molecule has 0 heterocycles. The minimum Gasteiger partial charge on any atom is -0.412 e. The van der Waals surface area contributed by atoms with Gasteiger partial charge in [-0.15, -0.1) is 0 Å². The van der Waals surface area contributed by atoms with Crippen LogP contribution in [0.3, 0.4) is 0 Å². The molecule has 0 aliphatic carbocycles. The van der Waals surface area contributed by atoms with Gasteiger partial charge in [0.15, 0.2) is 0 Å². The molecule has 6 heteroatoms. The molecule has 0 amide bonds. The maximum absolute atomic E-state index is 10.1. The van der Waals surface area contributed by atoms with E-state index in [1.54, 1.807) is 0 Å². The van der Waals surface area contributed by atoms with Crippen molar-refractivity contribution in [2.45, 2.75) is 0 Å². The summed E-state index contributed by atoms with van der Waals surface area (Å²) < 4.78 is 17.5. The van der Waals surface area contributed by atoms with Crippen molar-refractivity contribution in [1.82, 2.24) is 0 Å². The Morgan fingerprint density at radius 3 is 2.50 bits per heavy atom. The van der Waals surface area contributed by atoms with Gasteiger partial charge in [-0.25, -0.2) is 4.57 Å². The van der Waals surface area contributed by atoms with Crippen molar-refractivity contribution in [2.75, 3.05) is 0 Å². The van der Waals surface area contributed by atoms with Crippen molar-refractivity contribution in [2.24, 2.45) is 0 Å². The first-order chi connectivity index (χ1) is 3.62. The molecule has 0 aromatic carbocycles. The number of halogens is 1. The number of hydrogen-bond donors (Lipinski definition) is 1. The molecule has 0 bridgehead atoms. The van der Waals surface area contributed by atoms with Crippen LogP contribution in [0.5, 0.6) is 0 Å². The monoisotopic (exact) mass is 158 g/mol. The van der Waals surface area contributed by atoms with Crippen LogP contribution in [0.2, 0.25) is 0 Å². The third-order valence-corrected chi connectivity index (χ3v) is 1.41. The Morgan fingerprint density at radius 2 is 2.38 bits per heavy atom. The van der Waals surface area contributed by atoms with Gasteiger partial charge in [-0.2, -0.15) is 4.08 Å². The van der Waals surface area contributed by atoms with E-state index in [1.165, 1.54) is 0 Å². The lowest BCUT2D eigenvalue weighted by atomic mass is 11.2. The van der Waals surface area contributed by atoms with Gasteiger partial charge in [0, 0.05) is 0 Å². The molecule has 0 aliphatic rings. The Kier molecular flexibility index (Phi) is 3.09. The molecule has 0 fully saturated rings. The largest absolute Gasteiger partial charge is 0.543 e. The molecule has 0 radical (unpaired) electrons. The normalized spacial score (nSPS) is 16.8. The molecule has 0 spiro atoms. The summed E-state index contributed by atoms with van der Waals surface area (Å²) in [7, 11) is -4.03. The highest BCUT2D eigenvalue weighted by Gasteiger charge is 2.18. The lowest BCUT2D eigenvalue weighted by molar-refractivity contribution is 0.275. The van der Waals surface area contributed by atoms with E-state index in [2.05, 4.69) is 27.0 Å². The molecule has 0 saturated heterocycles. The topological polar surface area (TPSA) is 55.8 Å². The van der Waals surface area contributed by atoms with E-state index in [0.717, 1.165) is 6.26 Å². The third-order valence-electron chi connectivity index (χ3n) is 0.295. The smallest absolute Gasteiger partial charge is 0.412 e. The standard InChI is InChI=1S/C2H4ClO4P/c1-2-6-8(4,5)7-3/h2H,1H2,(H,4,5). The highest BCUT2D eigenvalue weighted by Crippen LogP contribution is 2.44. The predicted molar refractivity (Wildman–Crippen MR) is 28.0 cm³/mol. The highest BCUT2D eigenvalue weighted by atomic mass is 35.5. The molecule has 8 heavy (non-hydrogen) atoms. The van der Waals surface area contributed by atoms with Crippen LogP contribution in [0.1, 0.15) is 0 Å². The van der Waals surface area contributed by atoms with Crippen molar-refractivity contribution < 1.29 is 18.1 Å². The first-order valence-electron chi connectivity index (χ1n) is 1.55. The van der Waals surface area contributed by atoms with Gasteiger partial charge >= 0.3 is 7.82 Å². The van der Waals surface area contributed by atoms with Crippen molar-refractivity contribution in [3.8, 4) is 0 Å². The van der Waals surface area contributed by atoms with Crippen molar-refractivity contribution in [1.29, 1.82) is 0 Å². The van der Waals surface area contributed by atoms with Gasteiger partial charge in [0.2, 0.25) is 0 Å². The second kappa shape index (κ2) is 3.10. The quantitative estimate of drug-likeness (QED) is 0.499. The Labute approximate surface area is 51.5 Å². The van der Waals surface area contributed by atoms with Gasteiger partial charge in [-0.3, -0.25) is 4.89 Å². The SMILES string of the molecule is C=COP(=O)(O)OCl. The van der Waals surface area contributed by atoms with Crippen molar-refractivity contribution in [3.63, 3.8) is 0 Å². The van der Waals surface area contributed by atoms with Crippen LogP contribution in [0.15, 0.2) is 12.8 Å². The van der Waals surface area contributed by atoms with E-state index in [4.69, 9.17) is 4.89 Å². The fourth-order valence-corrected chi connectivity index (χ4v) is 0.429. The maximum atomic E-state index is 10.1. The summed E-state index contributed by atoms with van der Waals surface area (Å²) in [6.07, 6.45) is 0.767. The zero-order chi connectivity index (χ0) is 6.62. The number of phosphoric ester groups is 1. The molecule has 0 aliphatic heterocycles. The third kappa shape index (κ3) is 3.04. The van der Waals surface area contributed by atoms with Crippen LogP contribution in [0, 0.1) is 0 Å². The van der Waals surface area contributed by atoms with Crippen LogP contribution in [-0.2, 0) is 13.2 Å². The van der Waals surface area contributed by atoms with Crippen LogP contribution < -0.4 is 0 Å². The Balaban J connectivity index is 3.72.